The number of ether oxygens (including phenoxy) is 2. The molecule has 1 fully saturated rings. The Labute approximate surface area is 155 Å². The molecule has 1 heterocycles. The van der Waals surface area contributed by atoms with Crippen molar-refractivity contribution >= 4 is 12.1 Å². The lowest BCUT2D eigenvalue weighted by Crippen LogP contribution is -2.46. The van der Waals surface area contributed by atoms with Crippen LogP contribution in [0.3, 0.4) is 0 Å². The van der Waals surface area contributed by atoms with Gasteiger partial charge in [-0.05, 0) is 39.2 Å². The van der Waals surface area contributed by atoms with Gasteiger partial charge in [-0.3, -0.25) is 4.79 Å². The van der Waals surface area contributed by atoms with E-state index in [-0.39, 0.29) is 12.1 Å². The number of piperidine rings is 1. The SMILES string of the molecule is CC(C)(C)OC(=O)N1CCC(NCCC(=O)OCc2ccccc2)CC1. The van der Waals surface area contributed by atoms with Crippen molar-refractivity contribution in [3.63, 3.8) is 0 Å². The van der Waals surface area contributed by atoms with Gasteiger partial charge in [0.25, 0.3) is 0 Å². The first-order valence-electron chi connectivity index (χ1n) is 9.24. The van der Waals surface area contributed by atoms with Crippen LogP contribution in [-0.2, 0) is 20.9 Å². The van der Waals surface area contributed by atoms with Crippen LogP contribution in [0.25, 0.3) is 0 Å². The fourth-order valence-corrected chi connectivity index (χ4v) is 2.78. The molecule has 1 aliphatic rings. The van der Waals surface area contributed by atoms with Crippen molar-refractivity contribution in [2.75, 3.05) is 19.6 Å². The van der Waals surface area contributed by atoms with Gasteiger partial charge in [0, 0.05) is 25.7 Å². The van der Waals surface area contributed by atoms with Gasteiger partial charge in [-0.25, -0.2) is 4.79 Å². The van der Waals surface area contributed by atoms with Gasteiger partial charge >= 0.3 is 12.1 Å². The van der Waals surface area contributed by atoms with E-state index < -0.39 is 5.60 Å². The summed E-state index contributed by atoms with van der Waals surface area (Å²) < 4.78 is 10.7. The number of nitrogens with zero attached hydrogens (tertiary/aromatic N) is 1. The maximum atomic E-state index is 12.0. The van der Waals surface area contributed by atoms with Crippen molar-refractivity contribution in [1.82, 2.24) is 10.2 Å². The Morgan fingerprint density at radius 2 is 1.81 bits per heavy atom. The molecule has 0 saturated carbocycles. The van der Waals surface area contributed by atoms with Crippen LogP contribution in [0.5, 0.6) is 0 Å². The second kappa shape index (κ2) is 9.57. The van der Waals surface area contributed by atoms with E-state index in [1.165, 1.54) is 0 Å². The molecule has 0 radical (unpaired) electrons. The summed E-state index contributed by atoms with van der Waals surface area (Å²) in [7, 11) is 0. The van der Waals surface area contributed by atoms with Crippen molar-refractivity contribution in [2.24, 2.45) is 0 Å². The largest absolute Gasteiger partial charge is 0.461 e. The maximum Gasteiger partial charge on any atom is 0.410 e. The van der Waals surface area contributed by atoms with Crippen molar-refractivity contribution in [3.05, 3.63) is 35.9 Å². The Hall–Kier alpha value is -2.08. The van der Waals surface area contributed by atoms with Gasteiger partial charge in [-0.15, -0.1) is 0 Å². The molecule has 2 rings (SSSR count). The quantitative estimate of drug-likeness (QED) is 0.788. The van der Waals surface area contributed by atoms with Crippen molar-refractivity contribution in [1.29, 1.82) is 0 Å². The van der Waals surface area contributed by atoms with Crippen LogP contribution in [0.2, 0.25) is 0 Å². The fourth-order valence-electron chi connectivity index (χ4n) is 2.78. The lowest BCUT2D eigenvalue weighted by Gasteiger charge is -2.33. The first-order valence-corrected chi connectivity index (χ1v) is 9.24. The minimum atomic E-state index is -0.466. The maximum absolute atomic E-state index is 12.0. The van der Waals surface area contributed by atoms with Crippen molar-refractivity contribution < 1.29 is 19.1 Å². The first kappa shape index (κ1) is 20.2. The molecule has 0 aromatic heterocycles. The molecule has 1 aromatic rings. The molecule has 0 aliphatic carbocycles. The van der Waals surface area contributed by atoms with Crippen LogP contribution >= 0.6 is 0 Å². The number of benzene rings is 1. The van der Waals surface area contributed by atoms with E-state index >= 15 is 0 Å². The van der Waals surface area contributed by atoms with Gasteiger partial charge < -0.3 is 19.7 Å². The highest BCUT2D eigenvalue weighted by molar-refractivity contribution is 5.69. The molecule has 0 bridgehead atoms. The third-order valence-corrected chi connectivity index (χ3v) is 4.15. The highest BCUT2D eigenvalue weighted by atomic mass is 16.6. The second-order valence-electron chi connectivity index (χ2n) is 7.59. The fraction of sp³-hybridized carbons (Fsp3) is 0.600. The van der Waals surface area contributed by atoms with E-state index in [0.29, 0.717) is 38.7 Å². The zero-order valence-corrected chi connectivity index (χ0v) is 16.0. The number of likely N-dealkylation sites (tertiary alicyclic amines) is 1. The zero-order chi connectivity index (χ0) is 19.0. The van der Waals surface area contributed by atoms with E-state index in [2.05, 4.69) is 5.32 Å². The lowest BCUT2D eigenvalue weighted by molar-refractivity contribution is -0.144. The predicted molar refractivity (Wildman–Crippen MR) is 99.7 cm³/mol. The van der Waals surface area contributed by atoms with Crippen LogP contribution in [0.4, 0.5) is 4.79 Å². The summed E-state index contributed by atoms with van der Waals surface area (Å²) in [4.78, 5) is 25.6. The smallest absolute Gasteiger partial charge is 0.410 e. The molecule has 0 spiro atoms. The van der Waals surface area contributed by atoms with E-state index in [0.717, 1.165) is 18.4 Å². The van der Waals surface area contributed by atoms with E-state index in [9.17, 15) is 9.59 Å². The number of esters is 1. The number of carbonyl (C=O) groups is 2. The van der Waals surface area contributed by atoms with Gasteiger partial charge in [0.05, 0.1) is 6.42 Å². The van der Waals surface area contributed by atoms with E-state index in [1.54, 1.807) is 4.90 Å². The standard InChI is InChI=1S/C20H30N2O4/c1-20(2,3)26-19(24)22-13-10-17(11-14-22)21-12-9-18(23)25-15-16-7-5-4-6-8-16/h4-8,17,21H,9-15H2,1-3H3. The summed E-state index contributed by atoms with van der Waals surface area (Å²) in [6, 6.07) is 9.97. The first-order chi connectivity index (χ1) is 12.3. The van der Waals surface area contributed by atoms with Crippen molar-refractivity contribution in [2.45, 2.75) is 58.3 Å². The summed E-state index contributed by atoms with van der Waals surface area (Å²) in [5.41, 5.74) is 0.523. The Morgan fingerprint density at radius 3 is 2.42 bits per heavy atom. The average Bonchev–Trinajstić information content (AvgIpc) is 2.60. The molecule has 1 N–H and O–H groups in total. The topological polar surface area (TPSA) is 67.9 Å². The molecule has 1 aliphatic heterocycles. The molecule has 1 saturated heterocycles. The number of carbonyl (C=O) groups excluding carboxylic acids is 2. The molecule has 1 amide bonds. The Morgan fingerprint density at radius 1 is 1.15 bits per heavy atom. The van der Waals surface area contributed by atoms with Crippen LogP contribution in [0.15, 0.2) is 30.3 Å². The highest BCUT2D eigenvalue weighted by Gasteiger charge is 2.26. The van der Waals surface area contributed by atoms with Crippen LogP contribution in [0.1, 0.15) is 45.6 Å². The molecule has 0 unspecified atom stereocenters. The summed E-state index contributed by atoms with van der Waals surface area (Å²) in [6.07, 6.45) is 1.82. The molecule has 6 nitrogen and oxygen atoms in total. The highest BCUT2D eigenvalue weighted by Crippen LogP contribution is 2.15. The van der Waals surface area contributed by atoms with Gasteiger partial charge in [-0.1, -0.05) is 30.3 Å². The van der Waals surface area contributed by atoms with E-state index in [1.807, 2.05) is 51.1 Å². The van der Waals surface area contributed by atoms with Crippen LogP contribution < -0.4 is 5.32 Å². The van der Waals surface area contributed by atoms with Crippen LogP contribution in [0, 0.1) is 0 Å². The summed E-state index contributed by atoms with van der Waals surface area (Å²) >= 11 is 0. The predicted octanol–water partition coefficient (Wildman–Crippen LogP) is 3.11. The van der Waals surface area contributed by atoms with Gasteiger partial charge in [-0.2, -0.15) is 0 Å². The molecule has 6 heteroatoms. The number of hydrogen-bond donors (Lipinski definition) is 1. The second-order valence-corrected chi connectivity index (χ2v) is 7.59. The minimum absolute atomic E-state index is 0.201. The lowest BCUT2D eigenvalue weighted by atomic mass is 10.1. The molecule has 144 valence electrons. The molecule has 0 atom stereocenters. The minimum Gasteiger partial charge on any atom is -0.461 e. The molecular weight excluding hydrogens is 332 g/mol. The Balaban J connectivity index is 1.58. The number of nitrogens with one attached hydrogen (secondary N) is 1. The van der Waals surface area contributed by atoms with Gasteiger partial charge in [0.1, 0.15) is 12.2 Å². The number of hydrogen-bond acceptors (Lipinski definition) is 5. The molecule has 1 aromatic carbocycles. The van der Waals surface area contributed by atoms with Crippen LogP contribution in [-0.4, -0.2) is 48.2 Å². The third-order valence-electron chi connectivity index (χ3n) is 4.15. The summed E-state index contributed by atoms with van der Waals surface area (Å²) in [5.74, 6) is -0.201. The molecular formula is C20H30N2O4. The Bertz CT molecular complexity index is 575. The third kappa shape index (κ3) is 7.44. The number of rotatable bonds is 6. The summed E-state index contributed by atoms with van der Waals surface area (Å²) in [5, 5.41) is 3.38. The van der Waals surface area contributed by atoms with Gasteiger partial charge in [0.15, 0.2) is 0 Å². The zero-order valence-electron chi connectivity index (χ0n) is 16.0. The van der Waals surface area contributed by atoms with Gasteiger partial charge in [0.2, 0.25) is 0 Å². The summed E-state index contributed by atoms with van der Waals surface area (Å²) in [6.45, 7) is 7.86. The normalized spacial score (nSPS) is 15.6. The monoisotopic (exact) mass is 362 g/mol. The Kier molecular flexibility index (Phi) is 7.45. The average molecular weight is 362 g/mol. The van der Waals surface area contributed by atoms with Crippen molar-refractivity contribution in [3.8, 4) is 0 Å². The molecule has 26 heavy (non-hydrogen) atoms. The number of amides is 1. The van der Waals surface area contributed by atoms with E-state index in [4.69, 9.17) is 9.47 Å².